The summed E-state index contributed by atoms with van der Waals surface area (Å²) in [6.07, 6.45) is 0. The molecule has 6 nitrogen and oxygen atoms in total. The zero-order valence-corrected chi connectivity index (χ0v) is 16.3. The number of fused-ring (bicyclic) bond motifs is 1. The predicted octanol–water partition coefficient (Wildman–Crippen LogP) is 3.06. The molecule has 2 aromatic carbocycles. The summed E-state index contributed by atoms with van der Waals surface area (Å²) in [7, 11) is 3.28. The molecule has 0 aliphatic carbocycles. The predicted molar refractivity (Wildman–Crippen MR) is 104 cm³/mol. The average Bonchev–Trinajstić information content (AvgIpc) is 2.81. The van der Waals surface area contributed by atoms with E-state index in [4.69, 9.17) is 0 Å². The topological polar surface area (TPSA) is 69.7 Å². The maximum atomic E-state index is 12.3. The number of imide groups is 1. The monoisotopic (exact) mass is 415 g/mol. The van der Waals surface area contributed by atoms with Gasteiger partial charge in [0.15, 0.2) is 0 Å². The number of rotatable bonds is 4. The summed E-state index contributed by atoms with van der Waals surface area (Å²) in [4.78, 5) is 39.2. The van der Waals surface area contributed by atoms with Gasteiger partial charge < -0.3 is 10.2 Å². The van der Waals surface area contributed by atoms with Crippen molar-refractivity contribution in [3.8, 4) is 0 Å². The van der Waals surface area contributed by atoms with Crippen molar-refractivity contribution < 1.29 is 14.4 Å². The van der Waals surface area contributed by atoms with Crippen LogP contribution in [0, 0.1) is 6.92 Å². The molecule has 0 unspecified atom stereocenters. The quantitative estimate of drug-likeness (QED) is 0.778. The summed E-state index contributed by atoms with van der Waals surface area (Å²) in [6, 6.07) is 10.6. The summed E-state index contributed by atoms with van der Waals surface area (Å²) in [5.41, 5.74) is 3.17. The Morgan fingerprint density at radius 3 is 2.50 bits per heavy atom. The highest BCUT2D eigenvalue weighted by atomic mass is 79.9. The number of likely N-dealkylation sites (N-methyl/N-ethyl adjacent to an activating group) is 1. The van der Waals surface area contributed by atoms with Crippen LogP contribution in [0.15, 0.2) is 40.9 Å². The van der Waals surface area contributed by atoms with Crippen LogP contribution in [0.25, 0.3) is 0 Å². The Bertz CT molecular complexity index is 926. The molecule has 2 aromatic rings. The lowest BCUT2D eigenvalue weighted by Gasteiger charge is -2.19. The lowest BCUT2D eigenvalue weighted by molar-refractivity contribution is -0.114. The molecule has 0 spiro atoms. The number of amides is 3. The largest absolute Gasteiger partial charge is 0.365 e. The Labute approximate surface area is 159 Å². The molecule has 1 aliphatic rings. The number of hydrogen-bond donors (Lipinski definition) is 1. The lowest BCUT2D eigenvalue weighted by atomic mass is 10.1. The molecule has 1 aliphatic heterocycles. The van der Waals surface area contributed by atoms with Crippen LogP contribution in [0.4, 0.5) is 11.4 Å². The number of anilines is 2. The smallest absolute Gasteiger partial charge is 0.261 e. The minimum absolute atomic E-state index is 0.158. The Morgan fingerprint density at radius 1 is 1.12 bits per heavy atom. The first-order valence-corrected chi connectivity index (χ1v) is 8.81. The molecule has 3 rings (SSSR count). The van der Waals surface area contributed by atoms with Gasteiger partial charge in [-0.15, -0.1) is 0 Å². The normalized spacial score (nSPS) is 13.0. The second-order valence-corrected chi connectivity index (χ2v) is 7.12. The molecule has 0 aromatic heterocycles. The molecule has 134 valence electrons. The van der Waals surface area contributed by atoms with Crippen LogP contribution in [-0.4, -0.2) is 43.3 Å². The Balaban J connectivity index is 1.70. The van der Waals surface area contributed by atoms with Crippen LogP contribution in [0.3, 0.4) is 0 Å². The SMILES string of the molecule is Cc1cc(N(C)CC(=O)Nc2ccc3c(c2)C(=O)N(C)C3=O)ccc1Br. The first-order valence-electron chi connectivity index (χ1n) is 8.01. The van der Waals surface area contributed by atoms with E-state index in [1.165, 1.54) is 7.05 Å². The molecule has 1 N–H and O–H groups in total. The molecule has 1 heterocycles. The standard InChI is InChI=1S/C19H18BrN3O3/c1-11-8-13(5-7-16(11)20)22(2)10-17(24)21-12-4-6-14-15(9-12)19(26)23(3)18(14)25/h4-9H,10H2,1-3H3,(H,21,24). The maximum absolute atomic E-state index is 12.3. The van der Waals surface area contributed by atoms with Crippen molar-refractivity contribution >= 4 is 45.0 Å². The maximum Gasteiger partial charge on any atom is 0.261 e. The van der Waals surface area contributed by atoms with Gasteiger partial charge >= 0.3 is 0 Å². The van der Waals surface area contributed by atoms with Crippen LogP contribution in [0.5, 0.6) is 0 Å². The molecule has 0 saturated heterocycles. The number of carbonyl (C=O) groups excluding carboxylic acids is 3. The highest BCUT2D eigenvalue weighted by Crippen LogP contribution is 2.25. The molecule has 3 amide bonds. The van der Waals surface area contributed by atoms with Crippen molar-refractivity contribution in [2.75, 3.05) is 30.9 Å². The van der Waals surface area contributed by atoms with E-state index in [2.05, 4.69) is 21.2 Å². The molecule has 0 saturated carbocycles. The van der Waals surface area contributed by atoms with Crippen molar-refractivity contribution in [1.29, 1.82) is 0 Å². The van der Waals surface area contributed by atoms with Crippen molar-refractivity contribution in [3.05, 3.63) is 57.6 Å². The first-order chi connectivity index (χ1) is 12.3. The van der Waals surface area contributed by atoms with Crippen LogP contribution in [-0.2, 0) is 4.79 Å². The zero-order valence-electron chi connectivity index (χ0n) is 14.7. The second-order valence-electron chi connectivity index (χ2n) is 6.27. The Kier molecular flexibility index (Phi) is 4.82. The van der Waals surface area contributed by atoms with E-state index in [9.17, 15) is 14.4 Å². The van der Waals surface area contributed by atoms with Crippen molar-refractivity contribution in [3.63, 3.8) is 0 Å². The fourth-order valence-electron chi connectivity index (χ4n) is 2.81. The minimum Gasteiger partial charge on any atom is -0.365 e. The third-order valence-electron chi connectivity index (χ3n) is 4.34. The van der Waals surface area contributed by atoms with Gasteiger partial charge in [-0.3, -0.25) is 19.3 Å². The molecular weight excluding hydrogens is 398 g/mol. The first kappa shape index (κ1) is 18.1. The minimum atomic E-state index is -0.358. The van der Waals surface area contributed by atoms with Gasteiger partial charge in [-0.2, -0.15) is 0 Å². The number of aryl methyl sites for hydroxylation is 1. The van der Waals surface area contributed by atoms with E-state index in [1.807, 2.05) is 37.1 Å². The molecule has 0 fully saturated rings. The highest BCUT2D eigenvalue weighted by molar-refractivity contribution is 9.10. The number of nitrogens with one attached hydrogen (secondary N) is 1. The second kappa shape index (κ2) is 6.92. The number of halogens is 1. The number of carbonyl (C=O) groups is 3. The lowest BCUT2D eigenvalue weighted by Crippen LogP contribution is -2.30. The summed E-state index contributed by atoms with van der Waals surface area (Å²) >= 11 is 3.46. The fourth-order valence-corrected chi connectivity index (χ4v) is 3.06. The van der Waals surface area contributed by atoms with E-state index in [1.54, 1.807) is 18.2 Å². The molecule has 0 atom stereocenters. The van der Waals surface area contributed by atoms with Crippen molar-refractivity contribution in [1.82, 2.24) is 4.90 Å². The van der Waals surface area contributed by atoms with Gasteiger partial charge in [0.1, 0.15) is 0 Å². The van der Waals surface area contributed by atoms with Gasteiger partial charge in [0.05, 0.1) is 17.7 Å². The summed E-state index contributed by atoms with van der Waals surface area (Å²) in [5, 5.41) is 2.78. The van der Waals surface area contributed by atoms with Gasteiger partial charge in [0.25, 0.3) is 11.8 Å². The summed E-state index contributed by atoms with van der Waals surface area (Å²) in [5.74, 6) is -0.894. The highest BCUT2D eigenvalue weighted by Gasteiger charge is 2.32. The molecule has 0 radical (unpaired) electrons. The van der Waals surface area contributed by atoms with E-state index in [0.717, 1.165) is 20.6 Å². The number of benzene rings is 2. The van der Waals surface area contributed by atoms with E-state index in [0.29, 0.717) is 16.8 Å². The van der Waals surface area contributed by atoms with Gasteiger partial charge in [-0.25, -0.2) is 0 Å². The van der Waals surface area contributed by atoms with Gasteiger partial charge in [0, 0.05) is 29.9 Å². The molecule has 7 heteroatoms. The summed E-state index contributed by atoms with van der Waals surface area (Å²) in [6.45, 7) is 2.15. The number of nitrogens with zero attached hydrogens (tertiary/aromatic N) is 2. The van der Waals surface area contributed by atoms with E-state index < -0.39 is 0 Å². The van der Waals surface area contributed by atoms with E-state index in [-0.39, 0.29) is 24.3 Å². The molecule has 26 heavy (non-hydrogen) atoms. The van der Waals surface area contributed by atoms with Crippen molar-refractivity contribution in [2.45, 2.75) is 6.92 Å². The fraction of sp³-hybridized carbons (Fsp3) is 0.211. The van der Waals surface area contributed by atoms with Crippen molar-refractivity contribution in [2.24, 2.45) is 0 Å². The van der Waals surface area contributed by atoms with Crippen LogP contribution in [0.2, 0.25) is 0 Å². The van der Waals surface area contributed by atoms with Gasteiger partial charge in [-0.1, -0.05) is 15.9 Å². The summed E-state index contributed by atoms with van der Waals surface area (Å²) < 4.78 is 1.02. The number of hydrogen-bond acceptors (Lipinski definition) is 4. The van der Waals surface area contributed by atoms with Gasteiger partial charge in [0.2, 0.25) is 5.91 Å². The third kappa shape index (κ3) is 3.35. The van der Waals surface area contributed by atoms with Gasteiger partial charge in [-0.05, 0) is 48.9 Å². The Morgan fingerprint density at radius 2 is 1.81 bits per heavy atom. The van der Waals surface area contributed by atoms with Crippen LogP contribution < -0.4 is 10.2 Å². The average molecular weight is 416 g/mol. The Hall–Kier alpha value is -2.67. The zero-order chi connectivity index (χ0) is 19.0. The molecule has 0 bridgehead atoms. The third-order valence-corrected chi connectivity index (χ3v) is 5.23. The van der Waals surface area contributed by atoms with Crippen LogP contribution in [0.1, 0.15) is 26.3 Å². The van der Waals surface area contributed by atoms with E-state index >= 15 is 0 Å². The molecular formula is C19H18BrN3O3. The van der Waals surface area contributed by atoms with Crippen LogP contribution >= 0.6 is 15.9 Å².